The van der Waals surface area contributed by atoms with Crippen LogP contribution in [0.1, 0.15) is 10.4 Å². The Bertz CT molecular complexity index is 1840. The molecule has 5 rings (SSSR count). The molecule has 1 aliphatic rings. The molecular formula is C29H31N7O8S. The molecule has 2 amide bonds. The van der Waals surface area contributed by atoms with Crippen molar-refractivity contribution < 1.29 is 32.4 Å². The van der Waals surface area contributed by atoms with Gasteiger partial charge in [0, 0.05) is 37.3 Å². The van der Waals surface area contributed by atoms with Crippen LogP contribution in [-0.4, -0.2) is 97.9 Å². The lowest BCUT2D eigenvalue weighted by atomic mass is 10.2. The molecule has 3 heterocycles. The summed E-state index contributed by atoms with van der Waals surface area (Å²) < 4.78 is 39.9. The van der Waals surface area contributed by atoms with Gasteiger partial charge in [-0.25, -0.2) is 18.1 Å². The minimum atomic E-state index is -4.53. The fourth-order valence-corrected chi connectivity index (χ4v) is 5.71. The second-order valence-corrected chi connectivity index (χ2v) is 12.2. The van der Waals surface area contributed by atoms with Crippen molar-refractivity contribution in [2.75, 3.05) is 52.2 Å². The Morgan fingerprint density at radius 3 is 2.78 bits per heavy atom. The third kappa shape index (κ3) is 7.54. The molecule has 15 nitrogen and oxygen atoms in total. The van der Waals surface area contributed by atoms with Crippen LogP contribution in [0.25, 0.3) is 11.0 Å². The highest BCUT2D eigenvalue weighted by atomic mass is 32.2. The summed E-state index contributed by atoms with van der Waals surface area (Å²) in [5.41, 5.74) is 0.111. The number of anilines is 1. The number of rotatable bonds is 11. The summed E-state index contributed by atoms with van der Waals surface area (Å²) in [6.45, 7) is 1.45. The number of aromatic nitrogens is 2. The van der Waals surface area contributed by atoms with E-state index in [1.54, 1.807) is 54.4 Å². The lowest BCUT2D eigenvalue weighted by Crippen LogP contribution is -2.50. The van der Waals surface area contributed by atoms with Gasteiger partial charge in [0.05, 0.1) is 40.8 Å². The summed E-state index contributed by atoms with van der Waals surface area (Å²) in [6, 6.07) is 12.8. The first-order chi connectivity index (χ1) is 21.5. The van der Waals surface area contributed by atoms with Crippen LogP contribution in [0.2, 0.25) is 0 Å². The number of para-hydroxylation sites is 1. The minimum Gasteiger partial charge on any atom is -0.455 e. The van der Waals surface area contributed by atoms with Gasteiger partial charge in [-0.2, -0.15) is 0 Å². The number of benzene rings is 2. The zero-order valence-electron chi connectivity index (χ0n) is 24.4. The van der Waals surface area contributed by atoms with Gasteiger partial charge >= 0.3 is 0 Å². The Hall–Kier alpha value is -5.06. The maximum Gasteiger partial charge on any atom is 0.293 e. The molecule has 3 N–H and O–H groups in total. The summed E-state index contributed by atoms with van der Waals surface area (Å²) in [7, 11) is -0.940. The maximum atomic E-state index is 13.2. The maximum absolute atomic E-state index is 13.2. The number of aromatic amines is 1. The second kappa shape index (κ2) is 13.3. The normalized spacial score (nSPS) is 15.2. The van der Waals surface area contributed by atoms with E-state index in [9.17, 15) is 28.1 Å². The van der Waals surface area contributed by atoms with Gasteiger partial charge < -0.3 is 29.6 Å². The van der Waals surface area contributed by atoms with E-state index in [1.807, 2.05) is 4.72 Å². The molecule has 2 aromatic carbocycles. The highest BCUT2D eigenvalue weighted by molar-refractivity contribution is 7.90. The number of H-pyrrole nitrogens is 1. The summed E-state index contributed by atoms with van der Waals surface area (Å²) in [5, 5.41) is 15.6. The average molecular weight is 638 g/mol. The zero-order valence-corrected chi connectivity index (χ0v) is 25.2. The standard InChI is InChI=1S/C29H31N7O8S/c1-34(2)18-27(37)35-11-12-43-21(17-35)16-31-24-8-7-22(14-25(24)36(39)40)45(41,42)33-29(38)23-5-3-4-6-26(23)44-20-13-19-9-10-30-28(19)32-15-20/h3-10,13-15,21,31H,11-12,16-18H2,1-2H3,(H,30,32)(H,33,38)/t21-/m0/s1. The van der Waals surface area contributed by atoms with Crippen molar-refractivity contribution in [3.8, 4) is 11.5 Å². The van der Waals surface area contributed by atoms with E-state index in [2.05, 4.69) is 15.3 Å². The molecule has 1 fully saturated rings. The van der Waals surface area contributed by atoms with E-state index in [4.69, 9.17) is 9.47 Å². The Labute approximate surface area is 258 Å². The summed E-state index contributed by atoms with van der Waals surface area (Å²) in [5.74, 6) is -0.635. The molecule has 0 spiro atoms. The third-order valence-corrected chi connectivity index (χ3v) is 8.23. The predicted octanol–water partition coefficient (Wildman–Crippen LogP) is 2.58. The molecule has 4 aromatic rings. The van der Waals surface area contributed by atoms with Crippen LogP contribution < -0.4 is 14.8 Å². The molecule has 0 unspecified atom stereocenters. The van der Waals surface area contributed by atoms with Crippen LogP contribution in [-0.2, 0) is 19.6 Å². The molecule has 236 valence electrons. The summed E-state index contributed by atoms with van der Waals surface area (Å²) in [6.07, 6.45) is 2.74. The Morgan fingerprint density at radius 2 is 2.00 bits per heavy atom. The van der Waals surface area contributed by atoms with Gasteiger partial charge in [-0.05, 0) is 50.5 Å². The fraction of sp³-hybridized carbons (Fsp3) is 0.276. The number of ether oxygens (including phenoxy) is 2. The van der Waals surface area contributed by atoms with E-state index in [1.165, 1.54) is 24.4 Å². The third-order valence-electron chi connectivity index (χ3n) is 6.90. The number of morpholine rings is 1. The quantitative estimate of drug-likeness (QED) is 0.162. The number of carbonyl (C=O) groups is 2. The second-order valence-electron chi connectivity index (χ2n) is 10.5. The van der Waals surface area contributed by atoms with Crippen molar-refractivity contribution in [3.05, 3.63) is 82.7 Å². The van der Waals surface area contributed by atoms with Crippen molar-refractivity contribution in [2.45, 2.75) is 11.0 Å². The lowest BCUT2D eigenvalue weighted by Gasteiger charge is -2.33. The largest absolute Gasteiger partial charge is 0.455 e. The van der Waals surface area contributed by atoms with Crippen LogP contribution in [0.4, 0.5) is 11.4 Å². The predicted molar refractivity (Wildman–Crippen MR) is 164 cm³/mol. The number of hydrogen-bond donors (Lipinski definition) is 3. The van der Waals surface area contributed by atoms with Crippen molar-refractivity contribution in [2.24, 2.45) is 0 Å². The van der Waals surface area contributed by atoms with Crippen LogP contribution in [0.15, 0.2) is 71.9 Å². The van der Waals surface area contributed by atoms with Crippen LogP contribution in [0.3, 0.4) is 0 Å². The van der Waals surface area contributed by atoms with Gasteiger partial charge in [0.1, 0.15) is 22.8 Å². The number of nitro benzene ring substituents is 1. The molecule has 2 aromatic heterocycles. The number of amides is 2. The number of pyridine rings is 1. The number of nitro groups is 1. The van der Waals surface area contributed by atoms with Crippen LogP contribution in [0, 0.1) is 10.1 Å². The molecule has 45 heavy (non-hydrogen) atoms. The Balaban J connectivity index is 1.28. The number of hydrogen-bond acceptors (Lipinski definition) is 11. The smallest absolute Gasteiger partial charge is 0.293 e. The Morgan fingerprint density at radius 1 is 1.20 bits per heavy atom. The van der Waals surface area contributed by atoms with Crippen molar-refractivity contribution in [1.29, 1.82) is 0 Å². The monoisotopic (exact) mass is 637 g/mol. The molecule has 0 saturated carbocycles. The highest BCUT2D eigenvalue weighted by Gasteiger charge is 2.27. The van der Waals surface area contributed by atoms with Gasteiger partial charge in [0.25, 0.3) is 21.6 Å². The molecular weight excluding hydrogens is 606 g/mol. The van der Waals surface area contributed by atoms with Crippen molar-refractivity contribution >= 4 is 44.2 Å². The highest BCUT2D eigenvalue weighted by Crippen LogP contribution is 2.30. The topological polar surface area (TPSA) is 189 Å². The number of sulfonamides is 1. The van der Waals surface area contributed by atoms with Crippen molar-refractivity contribution in [1.82, 2.24) is 24.5 Å². The first-order valence-electron chi connectivity index (χ1n) is 13.8. The lowest BCUT2D eigenvalue weighted by molar-refractivity contribution is -0.384. The fourth-order valence-electron chi connectivity index (χ4n) is 4.72. The molecule has 0 bridgehead atoms. The molecule has 0 aliphatic carbocycles. The Kier molecular flexibility index (Phi) is 9.26. The summed E-state index contributed by atoms with van der Waals surface area (Å²) in [4.78, 5) is 46.9. The number of carbonyl (C=O) groups excluding carboxylic acids is 2. The van der Waals surface area contributed by atoms with Gasteiger partial charge in [0.2, 0.25) is 5.91 Å². The minimum absolute atomic E-state index is 0.0531. The van der Waals surface area contributed by atoms with Crippen LogP contribution >= 0.6 is 0 Å². The zero-order chi connectivity index (χ0) is 32.1. The molecule has 16 heteroatoms. The van der Waals surface area contributed by atoms with E-state index in [0.717, 1.165) is 17.5 Å². The molecule has 1 saturated heterocycles. The summed E-state index contributed by atoms with van der Waals surface area (Å²) >= 11 is 0. The van der Waals surface area contributed by atoms with E-state index >= 15 is 0 Å². The molecule has 0 radical (unpaired) electrons. The van der Waals surface area contributed by atoms with E-state index in [-0.39, 0.29) is 36.0 Å². The first kappa shape index (κ1) is 31.4. The number of fused-ring (bicyclic) bond motifs is 1. The first-order valence-corrected chi connectivity index (χ1v) is 15.3. The molecule has 1 atom stereocenters. The average Bonchev–Trinajstić information content (AvgIpc) is 3.48. The number of nitrogens with one attached hydrogen (secondary N) is 3. The van der Waals surface area contributed by atoms with Gasteiger partial charge in [0.15, 0.2) is 0 Å². The van der Waals surface area contributed by atoms with Crippen LogP contribution in [0.5, 0.6) is 11.5 Å². The number of likely N-dealkylation sites (N-methyl/N-ethyl adjacent to an activating group) is 1. The van der Waals surface area contributed by atoms with Crippen molar-refractivity contribution in [3.63, 3.8) is 0 Å². The number of nitrogens with zero attached hydrogens (tertiary/aromatic N) is 4. The van der Waals surface area contributed by atoms with Gasteiger partial charge in [-0.1, -0.05) is 12.1 Å². The van der Waals surface area contributed by atoms with E-state index in [0.29, 0.717) is 31.1 Å². The van der Waals surface area contributed by atoms with E-state index < -0.39 is 37.5 Å². The molecule has 1 aliphatic heterocycles. The van der Waals surface area contributed by atoms with Gasteiger partial charge in [-0.3, -0.25) is 19.7 Å². The van der Waals surface area contributed by atoms with Gasteiger partial charge in [-0.15, -0.1) is 0 Å². The SMILES string of the molecule is CN(C)CC(=O)N1CCO[C@@H](CNc2ccc(S(=O)(=O)NC(=O)c3ccccc3Oc3cnc4[nH]ccc4c3)cc2[N+](=O)[O-])C1.